The molecule has 92 valence electrons. The van der Waals surface area contributed by atoms with E-state index in [0.29, 0.717) is 5.69 Å². The molecule has 0 unspecified atom stereocenters. The Morgan fingerprint density at radius 2 is 1.88 bits per heavy atom. The van der Waals surface area contributed by atoms with Crippen molar-refractivity contribution in [3.8, 4) is 0 Å². The van der Waals surface area contributed by atoms with Crippen molar-refractivity contribution in [2.75, 3.05) is 4.72 Å². The van der Waals surface area contributed by atoms with Gasteiger partial charge in [-0.15, -0.1) is 0 Å². The molecule has 0 spiro atoms. The predicted molar refractivity (Wildman–Crippen MR) is 64.9 cm³/mol. The van der Waals surface area contributed by atoms with E-state index in [0.717, 1.165) is 18.4 Å². The maximum absolute atomic E-state index is 11.6. The summed E-state index contributed by atoms with van der Waals surface area (Å²) in [6.45, 7) is 0. The Balaban J connectivity index is 2.05. The van der Waals surface area contributed by atoms with Gasteiger partial charge in [-0.3, -0.25) is 9.52 Å². The van der Waals surface area contributed by atoms with Crippen LogP contribution in [0, 0.1) is 0 Å². The van der Waals surface area contributed by atoms with Crippen molar-refractivity contribution in [3.63, 3.8) is 0 Å². The molecule has 1 amide bonds. The molecule has 3 N–H and O–H groups in total. The van der Waals surface area contributed by atoms with Crippen LogP contribution in [0.2, 0.25) is 0 Å². The Morgan fingerprint density at radius 3 is 2.35 bits per heavy atom. The average molecular weight is 254 g/mol. The van der Waals surface area contributed by atoms with E-state index < -0.39 is 15.9 Å². The first-order valence-corrected chi connectivity index (χ1v) is 6.91. The van der Waals surface area contributed by atoms with Gasteiger partial charge in [-0.2, -0.15) is 0 Å². The lowest BCUT2D eigenvalue weighted by Gasteiger charge is -2.07. The van der Waals surface area contributed by atoms with Gasteiger partial charge in [0, 0.05) is 5.69 Å². The highest BCUT2D eigenvalue weighted by Gasteiger charge is 2.35. The second-order valence-corrected chi connectivity index (χ2v) is 6.15. The Morgan fingerprint density at radius 1 is 1.29 bits per heavy atom. The van der Waals surface area contributed by atoms with E-state index >= 15 is 0 Å². The molecule has 17 heavy (non-hydrogen) atoms. The Hall–Kier alpha value is -1.56. The summed E-state index contributed by atoms with van der Waals surface area (Å²) in [6, 6.07) is 6.65. The number of amides is 1. The van der Waals surface area contributed by atoms with Crippen LogP contribution in [0.4, 0.5) is 5.69 Å². The number of hydrogen-bond donors (Lipinski definition) is 2. The summed E-state index contributed by atoms with van der Waals surface area (Å²) in [7, 11) is -3.22. The number of hydrogen-bond acceptors (Lipinski definition) is 3. The molecule has 0 bridgehead atoms. The maximum atomic E-state index is 11.6. The minimum Gasteiger partial charge on any atom is -0.369 e. The highest BCUT2D eigenvalue weighted by Crippen LogP contribution is 2.29. The molecule has 0 heterocycles. The van der Waals surface area contributed by atoms with Crippen molar-refractivity contribution in [2.45, 2.75) is 24.5 Å². The smallest absolute Gasteiger partial charge is 0.235 e. The van der Waals surface area contributed by atoms with Crippen LogP contribution in [0.15, 0.2) is 24.3 Å². The lowest BCUT2D eigenvalue weighted by Crippen LogP contribution is -2.17. The van der Waals surface area contributed by atoms with E-state index in [1.807, 2.05) is 0 Å². The lowest BCUT2D eigenvalue weighted by atomic mass is 10.1. The molecule has 1 aromatic rings. The summed E-state index contributed by atoms with van der Waals surface area (Å²) in [6.07, 6.45) is 1.62. The molecule has 0 aliphatic heterocycles. The van der Waals surface area contributed by atoms with Gasteiger partial charge >= 0.3 is 0 Å². The van der Waals surface area contributed by atoms with Crippen molar-refractivity contribution in [1.29, 1.82) is 0 Å². The molecule has 5 nitrogen and oxygen atoms in total. The van der Waals surface area contributed by atoms with Crippen molar-refractivity contribution in [3.05, 3.63) is 29.8 Å². The van der Waals surface area contributed by atoms with Gasteiger partial charge < -0.3 is 5.73 Å². The molecule has 0 saturated heterocycles. The minimum atomic E-state index is -3.22. The van der Waals surface area contributed by atoms with Crippen LogP contribution in [0.3, 0.4) is 0 Å². The molecule has 0 aromatic heterocycles. The summed E-state index contributed by atoms with van der Waals surface area (Å²) in [5.41, 5.74) is 6.35. The fourth-order valence-corrected chi connectivity index (χ4v) is 2.91. The Labute approximate surface area is 100 Å². The van der Waals surface area contributed by atoms with Crippen molar-refractivity contribution >= 4 is 21.6 Å². The van der Waals surface area contributed by atoms with Crippen LogP contribution in [0.5, 0.6) is 0 Å². The van der Waals surface area contributed by atoms with Crippen molar-refractivity contribution in [1.82, 2.24) is 0 Å². The topological polar surface area (TPSA) is 89.3 Å². The summed E-state index contributed by atoms with van der Waals surface area (Å²) in [5.74, 6) is -0.406. The zero-order valence-corrected chi connectivity index (χ0v) is 10.0. The average Bonchev–Trinajstić information content (AvgIpc) is 3.03. The molecule has 6 heteroatoms. The lowest BCUT2D eigenvalue weighted by molar-refractivity contribution is -0.117. The fourth-order valence-electron chi connectivity index (χ4n) is 1.52. The summed E-state index contributed by atoms with van der Waals surface area (Å²) in [4.78, 5) is 10.7. The maximum Gasteiger partial charge on any atom is 0.235 e. The second-order valence-electron chi connectivity index (χ2n) is 4.19. The third-order valence-corrected chi connectivity index (χ3v) is 4.42. The van der Waals surface area contributed by atoms with Gasteiger partial charge in [-0.05, 0) is 30.5 Å². The van der Waals surface area contributed by atoms with E-state index in [4.69, 9.17) is 5.73 Å². The number of sulfonamides is 1. The zero-order valence-electron chi connectivity index (χ0n) is 9.22. The molecule has 2 rings (SSSR count). The van der Waals surface area contributed by atoms with E-state index in [1.54, 1.807) is 24.3 Å². The molecule has 1 saturated carbocycles. The third kappa shape index (κ3) is 3.20. The SMILES string of the molecule is NC(=O)Cc1ccc(NS(=O)(=O)C2CC2)cc1. The van der Waals surface area contributed by atoms with Gasteiger partial charge in [0.25, 0.3) is 0 Å². The number of rotatable bonds is 5. The highest BCUT2D eigenvalue weighted by molar-refractivity contribution is 7.93. The number of nitrogens with two attached hydrogens (primary N) is 1. The molecule has 1 aromatic carbocycles. The van der Waals surface area contributed by atoms with E-state index in [-0.39, 0.29) is 11.7 Å². The van der Waals surface area contributed by atoms with Crippen LogP contribution < -0.4 is 10.5 Å². The van der Waals surface area contributed by atoms with E-state index in [1.165, 1.54) is 0 Å². The minimum absolute atomic E-state index is 0.162. The van der Waals surface area contributed by atoms with E-state index in [9.17, 15) is 13.2 Å². The zero-order chi connectivity index (χ0) is 12.5. The van der Waals surface area contributed by atoms with Crippen molar-refractivity contribution in [2.24, 2.45) is 5.73 Å². The first-order valence-electron chi connectivity index (χ1n) is 5.36. The fraction of sp³-hybridized carbons (Fsp3) is 0.364. The molecule has 0 atom stereocenters. The van der Waals surface area contributed by atoms with Gasteiger partial charge in [0.15, 0.2) is 0 Å². The van der Waals surface area contributed by atoms with Crippen LogP contribution in [-0.4, -0.2) is 19.6 Å². The number of benzene rings is 1. The molecule has 1 aliphatic carbocycles. The van der Waals surface area contributed by atoms with Gasteiger partial charge in [0.05, 0.1) is 11.7 Å². The largest absolute Gasteiger partial charge is 0.369 e. The Kier molecular flexibility index (Phi) is 3.06. The standard InChI is InChI=1S/C11H14N2O3S/c12-11(14)7-8-1-3-9(4-2-8)13-17(15,16)10-5-6-10/h1-4,10,13H,5-7H2,(H2,12,14). The molecule has 1 fully saturated rings. The van der Waals surface area contributed by atoms with Crippen LogP contribution in [0.25, 0.3) is 0 Å². The summed E-state index contributed by atoms with van der Waals surface area (Å²) < 4.78 is 25.8. The number of anilines is 1. The highest BCUT2D eigenvalue weighted by atomic mass is 32.2. The van der Waals surface area contributed by atoms with Crippen LogP contribution in [0.1, 0.15) is 18.4 Å². The first-order chi connectivity index (χ1) is 7.97. The molecular weight excluding hydrogens is 240 g/mol. The quantitative estimate of drug-likeness (QED) is 0.807. The third-order valence-electron chi connectivity index (χ3n) is 2.56. The number of nitrogens with one attached hydrogen (secondary N) is 1. The van der Waals surface area contributed by atoms with Gasteiger partial charge in [0.2, 0.25) is 15.9 Å². The second kappa shape index (κ2) is 4.37. The monoisotopic (exact) mass is 254 g/mol. The van der Waals surface area contributed by atoms with Gasteiger partial charge in [0.1, 0.15) is 0 Å². The molecule has 0 radical (unpaired) electrons. The normalized spacial score (nSPS) is 15.5. The van der Waals surface area contributed by atoms with Crippen molar-refractivity contribution < 1.29 is 13.2 Å². The molecule has 1 aliphatic rings. The molecular formula is C11H14N2O3S. The number of carbonyl (C=O) groups excluding carboxylic acids is 1. The summed E-state index contributed by atoms with van der Waals surface area (Å²) >= 11 is 0. The van der Waals surface area contributed by atoms with Crippen LogP contribution in [-0.2, 0) is 21.2 Å². The van der Waals surface area contributed by atoms with Crippen LogP contribution >= 0.6 is 0 Å². The Bertz CT molecular complexity index is 518. The van der Waals surface area contributed by atoms with E-state index in [2.05, 4.69) is 4.72 Å². The van der Waals surface area contributed by atoms with Gasteiger partial charge in [-0.25, -0.2) is 8.42 Å². The number of carbonyl (C=O) groups is 1. The first kappa shape index (κ1) is 11.9. The number of primary amides is 1. The van der Waals surface area contributed by atoms with Gasteiger partial charge in [-0.1, -0.05) is 12.1 Å². The predicted octanol–water partition coefficient (Wildman–Crippen LogP) is 0.618. The summed E-state index contributed by atoms with van der Waals surface area (Å²) in [5, 5.41) is -0.243.